The molecule has 0 bridgehead atoms. The maximum absolute atomic E-state index is 12.5. The first-order chi connectivity index (χ1) is 13.0. The van der Waals surface area contributed by atoms with Gasteiger partial charge < -0.3 is 16.0 Å². The molecule has 0 atom stereocenters. The molecule has 6 nitrogen and oxygen atoms in total. The Morgan fingerprint density at radius 1 is 0.815 bits per heavy atom. The lowest BCUT2D eigenvalue weighted by Crippen LogP contribution is -2.32. The van der Waals surface area contributed by atoms with Crippen LogP contribution >= 0.6 is 0 Å². The molecule has 3 amide bonds. The number of hydrogen-bond donors (Lipinski definition) is 3. The van der Waals surface area contributed by atoms with Gasteiger partial charge in [0, 0.05) is 35.5 Å². The summed E-state index contributed by atoms with van der Waals surface area (Å²) >= 11 is 0. The molecule has 0 aliphatic heterocycles. The van der Waals surface area contributed by atoms with Crippen LogP contribution in [-0.4, -0.2) is 23.8 Å². The molecule has 0 radical (unpaired) electrons. The van der Waals surface area contributed by atoms with Crippen LogP contribution in [-0.2, 0) is 4.79 Å². The average Bonchev–Trinajstić information content (AvgIpc) is 3.16. The largest absolute Gasteiger partial charge is 0.349 e. The van der Waals surface area contributed by atoms with Gasteiger partial charge in [-0.1, -0.05) is 18.9 Å². The van der Waals surface area contributed by atoms with E-state index in [-0.39, 0.29) is 23.8 Å². The third-order valence-electron chi connectivity index (χ3n) is 4.54. The lowest BCUT2D eigenvalue weighted by Gasteiger charge is -2.12. The fourth-order valence-corrected chi connectivity index (χ4v) is 3.18. The van der Waals surface area contributed by atoms with Crippen molar-refractivity contribution >= 4 is 29.1 Å². The van der Waals surface area contributed by atoms with Crippen molar-refractivity contribution in [1.29, 1.82) is 0 Å². The third kappa shape index (κ3) is 5.17. The van der Waals surface area contributed by atoms with Gasteiger partial charge in [0.05, 0.1) is 0 Å². The maximum Gasteiger partial charge on any atom is 0.255 e. The number of benzene rings is 2. The van der Waals surface area contributed by atoms with E-state index in [0.717, 1.165) is 25.7 Å². The minimum atomic E-state index is -0.294. The van der Waals surface area contributed by atoms with E-state index in [1.54, 1.807) is 48.5 Å². The van der Waals surface area contributed by atoms with E-state index in [0.29, 0.717) is 22.5 Å². The van der Waals surface area contributed by atoms with Gasteiger partial charge in [-0.3, -0.25) is 14.4 Å². The van der Waals surface area contributed by atoms with Crippen LogP contribution < -0.4 is 16.0 Å². The Bertz CT molecular complexity index is 840. The molecule has 0 aromatic heterocycles. The highest BCUT2D eigenvalue weighted by Gasteiger charge is 2.18. The molecule has 1 saturated carbocycles. The molecule has 6 heteroatoms. The molecule has 1 aliphatic rings. The number of carbonyl (C=O) groups is 3. The summed E-state index contributed by atoms with van der Waals surface area (Å²) in [6, 6.07) is 13.8. The second-order valence-electron chi connectivity index (χ2n) is 6.75. The molecule has 1 aliphatic carbocycles. The number of hydrogen-bond acceptors (Lipinski definition) is 3. The summed E-state index contributed by atoms with van der Waals surface area (Å²) in [6.45, 7) is 1.44. The molecule has 27 heavy (non-hydrogen) atoms. The molecular weight excluding hydrogens is 342 g/mol. The Morgan fingerprint density at radius 2 is 1.37 bits per heavy atom. The second-order valence-corrected chi connectivity index (χ2v) is 6.75. The monoisotopic (exact) mass is 365 g/mol. The van der Waals surface area contributed by atoms with Gasteiger partial charge in [-0.2, -0.15) is 0 Å². The van der Waals surface area contributed by atoms with E-state index in [1.165, 1.54) is 6.92 Å². The van der Waals surface area contributed by atoms with Crippen molar-refractivity contribution in [1.82, 2.24) is 5.32 Å². The fourth-order valence-electron chi connectivity index (χ4n) is 3.18. The van der Waals surface area contributed by atoms with Gasteiger partial charge in [0.15, 0.2) is 0 Å². The zero-order valence-corrected chi connectivity index (χ0v) is 15.2. The standard InChI is InChI=1S/C21H23N3O3/c1-14(25)22-18-9-11-19(12-10-18)24-21(27)16-6-4-5-15(13-16)20(26)23-17-7-2-3-8-17/h4-6,9-13,17H,2-3,7-8H2,1H3,(H,22,25)(H,23,26)(H,24,27). The van der Waals surface area contributed by atoms with Crippen LogP contribution in [0.25, 0.3) is 0 Å². The van der Waals surface area contributed by atoms with Gasteiger partial charge in [-0.25, -0.2) is 0 Å². The number of carbonyl (C=O) groups excluding carboxylic acids is 3. The fraction of sp³-hybridized carbons (Fsp3) is 0.286. The average molecular weight is 365 g/mol. The smallest absolute Gasteiger partial charge is 0.255 e. The number of amides is 3. The van der Waals surface area contributed by atoms with Crippen molar-refractivity contribution in [2.75, 3.05) is 10.6 Å². The summed E-state index contributed by atoms with van der Waals surface area (Å²) in [5, 5.41) is 8.49. The summed E-state index contributed by atoms with van der Waals surface area (Å²) in [7, 11) is 0. The first kappa shape index (κ1) is 18.6. The Kier molecular flexibility index (Phi) is 5.86. The van der Waals surface area contributed by atoms with Gasteiger partial charge >= 0.3 is 0 Å². The van der Waals surface area contributed by atoms with Crippen LogP contribution in [0.2, 0.25) is 0 Å². The lowest BCUT2D eigenvalue weighted by molar-refractivity contribution is -0.114. The Balaban J connectivity index is 1.64. The van der Waals surface area contributed by atoms with Crippen molar-refractivity contribution in [3.63, 3.8) is 0 Å². The maximum atomic E-state index is 12.5. The predicted octanol–water partition coefficient (Wildman–Crippen LogP) is 3.57. The minimum Gasteiger partial charge on any atom is -0.349 e. The Labute approximate surface area is 158 Å². The van der Waals surface area contributed by atoms with E-state index in [2.05, 4.69) is 16.0 Å². The molecule has 0 spiro atoms. The summed E-state index contributed by atoms with van der Waals surface area (Å²) < 4.78 is 0. The quantitative estimate of drug-likeness (QED) is 0.757. The number of nitrogens with one attached hydrogen (secondary N) is 3. The van der Waals surface area contributed by atoms with Crippen LogP contribution in [0.1, 0.15) is 53.3 Å². The molecule has 0 saturated heterocycles. The normalized spacial score (nSPS) is 13.8. The highest BCUT2D eigenvalue weighted by atomic mass is 16.2. The number of rotatable bonds is 5. The summed E-state index contributed by atoms with van der Waals surface area (Å²) in [6.07, 6.45) is 4.32. The summed E-state index contributed by atoms with van der Waals surface area (Å²) in [4.78, 5) is 35.9. The van der Waals surface area contributed by atoms with Gasteiger partial charge in [-0.05, 0) is 55.3 Å². The van der Waals surface area contributed by atoms with Crippen molar-refractivity contribution in [3.05, 3.63) is 59.7 Å². The summed E-state index contributed by atoms with van der Waals surface area (Å²) in [5.74, 6) is -0.589. The Hall–Kier alpha value is -3.15. The first-order valence-electron chi connectivity index (χ1n) is 9.11. The van der Waals surface area contributed by atoms with Crippen LogP contribution in [0.4, 0.5) is 11.4 Å². The van der Waals surface area contributed by atoms with Gasteiger partial charge in [0.25, 0.3) is 11.8 Å². The van der Waals surface area contributed by atoms with Crippen LogP contribution in [0.5, 0.6) is 0 Å². The first-order valence-corrected chi connectivity index (χ1v) is 9.11. The molecule has 2 aromatic carbocycles. The molecule has 2 aromatic rings. The van der Waals surface area contributed by atoms with E-state index >= 15 is 0 Å². The van der Waals surface area contributed by atoms with Crippen LogP contribution in [0.15, 0.2) is 48.5 Å². The second kappa shape index (κ2) is 8.49. The van der Waals surface area contributed by atoms with E-state index in [9.17, 15) is 14.4 Å². The Morgan fingerprint density at radius 3 is 1.96 bits per heavy atom. The van der Waals surface area contributed by atoms with Crippen molar-refractivity contribution in [2.45, 2.75) is 38.6 Å². The molecule has 3 N–H and O–H groups in total. The zero-order chi connectivity index (χ0) is 19.2. The molecular formula is C21H23N3O3. The van der Waals surface area contributed by atoms with Crippen molar-refractivity contribution in [3.8, 4) is 0 Å². The highest BCUT2D eigenvalue weighted by Crippen LogP contribution is 2.19. The zero-order valence-electron chi connectivity index (χ0n) is 15.2. The topological polar surface area (TPSA) is 87.3 Å². The minimum absolute atomic E-state index is 0.142. The molecule has 140 valence electrons. The van der Waals surface area contributed by atoms with Crippen LogP contribution in [0, 0.1) is 0 Å². The molecule has 0 heterocycles. The highest BCUT2D eigenvalue weighted by molar-refractivity contribution is 6.06. The predicted molar refractivity (Wildman–Crippen MR) is 105 cm³/mol. The number of anilines is 2. The lowest BCUT2D eigenvalue weighted by atomic mass is 10.1. The van der Waals surface area contributed by atoms with Gasteiger partial charge in [-0.15, -0.1) is 0 Å². The molecule has 0 unspecified atom stereocenters. The van der Waals surface area contributed by atoms with Gasteiger partial charge in [0.1, 0.15) is 0 Å². The van der Waals surface area contributed by atoms with Crippen molar-refractivity contribution < 1.29 is 14.4 Å². The molecule has 1 fully saturated rings. The van der Waals surface area contributed by atoms with Gasteiger partial charge in [0.2, 0.25) is 5.91 Å². The van der Waals surface area contributed by atoms with E-state index in [4.69, 9.17) is 0 Å². The molecule has 3 rings (SSSR count). The van der Waals surface area contributed by atoms with E-state index in [1.807, 2.05) is 0 Å². The van der Waals surface area contributed by atoms with Crippen LogP contribution in [0.3, 0.4) is 0 Å². The summed E-state index contributed by atoms with van der Waals surface area (Å²) in [5.41, 5.74) is 2.16. The third-order valence-corrected chi connectivity index (χ3v) is 4.54. The van der Waals surface area contributed by atoms with E-state index < -0.39 is 0 Å². The van der Waals surface area contributed by atoms with Crippen molar-refractivity contribution in [2.24, 2.45) is 0 Å². The SMILES string of the molecule is CC(=O)Nc1ccc(NC(=O)c2cccc(C(=O)NC3CCCC3)c2)cc1.